The first-order chi connectivity index (χ1) is 9.75. The molecule has 3 rings (SSSR count). The molecule has 0 radical (unpaired) electrons. The normalized spacial score (nSPS) is 10.7. The van der Waals surface area contributed by atoms with Gasteiger partial charge in [0.15, 0.2) is 0 Å². The maximum absolute atomic E-state index is 6.02. The zero-order valence-corrected chi connectivity index (χ0v) is 13.0. The van der Waals surface area contributed by atoms with E-state index in [0.29, 0.717) is 0 Å². The monoisotopic (exact) mass is 375 g/mol. The van der Waals surface area contributed by atoms with Gasteiger partial charge in [0, 0.05) is 27.2 Å². The van der Waals surface area contributed by atoms with Crippen molar-refractivity contribution in [2.45, 2.75) is 6.54 Å². The molecule has 4 heteroatoms. The van der Waals surface area contributed by atoms with Gasteiger partial charge in [0.25, 0.3) is 0 Å². The molecular formula is C16H14IN3. The maximum Gasteiger partial charge on any atom is 0.141 e. The Balaban J connectivity index is 2.00. The van der Waals surface area contributed by atoms with Crippen molar-refractivity contribution in [1.82, 2.24) is 9.55 Å². The summed E-state index contributed by atoms with van der Waals surface area (Å²) >= 11 is 2.34. The number of nitrogens with zero attached hydrogens (tertiary/aromatic N) is 2. The number of benzene rings is 2. The Kier molecular flexibility index (Phi) is 3.73. The Labute approximate surface area is 131 Å². The first kappa shape index (κ1) is 13.2. The molecule has 0 bridgehead atoms. The van der Waals surface area contributed by atoms with Crippen molar-refractivity contribution in [3.8, 4) is 11.4 Å². The van der Waals surface area contributed by atoms with E-state index in [1.54, 1.807) is 0 Å². The van der Waals surface area contributed by atoms with Gasteiger partial charge in [-0.1, -0.05) is 36.4 Å². The van der Waals surface area contributed by atoms with Crippen LogP contribution < -0.4 is 5.73 Å². The number of aromatic nitrogens is 2. The average Bonchev–Trinajstić information content (AvgIpc) is 2.90. The van der Waals surface area contributed by atoms with Crippen LogP contribution in [-0.2, 0) is 6.54 Å². The molecule has 0 fully saturated rings. The minimum absolute atomic E-state index is 0.729. The lowest BCUT2D eigenvalue weighted by molar-refractivity contribution is 0.808. The number of para-hydroxylation sites is 1. The van der Waals surface area contributed by atoms with Gasteiger partial charge in [-0.3, -0.25) is 0 Å². The standard InChI is InChI=1S/C16H14IN3/c17-14-7-3-2-6-13(14)16-19-9-10-20(16)11-12-5-1-4-8-15(12)18/h1-10H,11,18H2. The summed E-state index contributed by atoms with van der Waals surface area (Å²) in [6, 6.07) is 16.2. The van der Waals surface area contributed by atoms with Gasteiger partial charge in [0.2, 0.25) is 0 Å². The Morgan fingerprint density at radius 2 is 1.80 bits per heavy atom. The third kappa shape index (κ3) is 2.56. The van der Waals surface area contributed by atoms with Crippen molar-refractivity contribution < 1.29 is 0 Å². The van der Waals surface area contributed by atoms with Crippen LogP contribution >= 0.6 is 22.6 Å². The van der Waals surface area contributed by atoms with E-state index in [4.69, 9.17) is 5.73 Å². The Morgan fingerprint density at radius 3 is 2.60 bits per heavy atom. The predicted molar refractivity (Wildman–Crippen MR) is 90.3 cm³/mol. The van der Waals surface area contributed by atoms with Gasteiger partial charge < -0.3 is 10.3 Å². The van der Waals surface area contributed by atoms with Crippen molar-refractivity contribution in [3.05, 3.63) is 70.1 Å². The highest BCUT2D eigenvalue weighted by Gasteiger charge is 2.10. The molecule has 2 aromatic carbocycles. The lowest BCUT2D eigenvalue weighted by Gasteiger charge is -2.11. The fourth-order valence-electron chi connectivity index (χ4n) is 2.19. The molecular weight excluding hydrogens is 361 g/mol. The average molecular weight is 375 g/mol. The summed E-state index contributed by atoms with van der Waals surface area (Å²) in [6.07, 6.45) is 3.82. The summed E-state index contributed by atoms with van der Waals surface area (Å²) in [5, 5.41) is 0. The highest BCUT2D eigenvalue weighted by molar-refractivity contribution is 14.1. The van der Waals surface area contributed by atoms with Crippen LogP contribution in [0.4, 0.5) is 5.69 Å². The lowest BCUT2D eigenvalue weighted by atomic mass is 10.1. The molecule has 3 aromatic rings. The molecule has 0 amide bonds. The van der Waals surface area contributed by atoms with E-state index in [2.05, 4.69) is 50.3 Å². The first-order valence-corrected chi connectivity index (χ1v) is 7.43. The van der Waals surface area contributed by atoms with Gasteiger partial charge in [-0.15, -0.1) is 0 Å². The molecule has 1 aromatic heterocycles. The van der Waals surface area contributed by atoms with Crippen LogP contribution in [0.2, 0.25) is 0 Å². The molecule has 100 valence electrons. The minimum Gasteiger partial charge on any atom is -0.398 e. The Hall–Kier alpha value is -1.82. The highest BCUT2D eigenvalue weighted by atomic mass is 127. The number of nitrogens with two attached hydrogens (primary N) is 1. The summed E-state index contributed by atoms with van der Waals surface area (Å²) in [6.45, 7) is 0.729. The molecule has 0 saturated carbocycles. The number of halogens is 1. The van der Waals surface area contributed by atoms with Gasteiger partial charge in [-0.05, 0) is 40.3 Å². The van der Waals surface area contributed by atoms with Crippen molar-refractivity contribution >= 4 is 28.3 Å². The fraction of sp³-hybridized carbons (Fsp3) is 0.0625. The molecule has 0 aliphatic heterocycles. The topological polar surface area (TPSA) is 43.8 Å². The Bertz CT molecular complexity index is 734. The SMILES string of the molecule is Nc1ccccc1Cn1ccnc1-c1ccccc1I. The summed E-state index contributed by atoms with van der Waals surface area (Å²) in [5.74, 6) is 0.971. The van der Waals surface area contributed by atoms with E-state index in [1.165, 1.54) is 3.57 Å². The molecule has 20 heavy (non-hydrogen) atoms. The molecule has 0 atom stereocenters. The van der Waals surface area contributed by atoms with Gasteiger partial charge in [0.05, 0.1) is 6.54 Å². The molecule has 0 unspecified atom stereocenters. The zero-order valence-electron chi connectivity index (χ0n) is 10.8. The zero-order chi connectivity index (χ0) is 13.9. The second-order valence-corrected chi connectivity index (χ2v) is 5.72. The van der Waals surface area contributed by atoms with Crippen LogP contribution in [0, 0.1) is 3.57 Å². The number of hydrogen-bond acceptors (Lipinski definition) is 2. The van der Waals surface area contributed by atoms with Crippen LogP contribution in [0.3, 0.4) is 0 Å². The predicted octanol–water partition coefficient (Wildman–Crippen LogP) is 3.79. The first-order valence-electron chi connectivity index (χ1n) is 6.35. The molecule has 0 aliphatic rings. The van der Waals surface area contributed by atoms with Crippen LogP contribution in [0.25, 0.3) is 11.4 Å². The van der Waals surface area contributed by atoms with Crippen molar-refractivity contribution in [1.29, 1.82) is 0 Å². The van der Waals surface area contributed by atoms with Crippen LogP contribution in [-0.4, -0.2) is 9.55 Å². The highest BCUT2D eigenvalue weighted by Crippen LogP contribution is 2.24. The van der Waals surface area contributed by atoms with Gasteiger partial charge in [-0.2, -0.15) is 0 Å². The van der Waals surface area contributed by atoms with E-state index in [0.717, 1.165) is 29.2 Å². The summed E-state index contributed by atoms with van der Waals surface area (Å²) in [5.41, 5.74) is 9.09. The van der Waals surface area contributed by atoms with E-state index < -0.39 is 0 Å². The number of rotatable bonds is 3. The van der Waals surface area contributed by atoms with Crippen molar-refractivity contribution in [2.75, 3.05) is 5.73 Å². The number of anilines is 1. The molecule has 0 saturated heterocycles. The van der Waals surface area contributed by atoms with E-state index in [-0.39, 0.29) is 0 Å². The number of imidazole rings is 1. The third-order valence-corrected chi connectivity index (χ3v) is 4.17. The summed E-state index contributed by atoms with van der Waals surface area (Å²) < 4.78 is 3.32. The fourth-order valence-corrected chi connectivity index (χ4v) is 2.81. The number of nitrogen functional groups attached to an aromatic ring is 1. The third-order valence-electron chi connectivity index (χ3n) is 3.23. The molecule has 1 heterocycles. The second kappa shape index (κ2) is 5.66. The van der Waals surface area contributed by atoms with E-state index in [1.807, 2.05) is 42.7 Å². The Morgan fingerprint density at radius 1 is 1.05 bits per heavy atom. The molecule has 2 N–H and O–H groups in total. The van der Waals surface area contributed by atoms with Crippen LogP contribution in [0.1, 0.15) is 5.56 Å². The summed E-state index contributed by atoms with van der Waals surface area (Å²) in [7, 11) is 0. The molecule has 3 nitrogen and oxygen atoms in total. The summed E-state index contributed by atoms with van der Waals surface area (Å²) in [4.78, 5) is 4.49. The van der Waals surface area contributed by atoms with Crippen LogP contribution in [0.5, 0.6) is 0 Å². The van der Waals surface area contributed by atoms with Gasteiger partial charge in [-0.25, -0.2) is 4.98 Å². The quantitative estimate of drug-likeness (QED) is 0.559. The molecule has 0 aliphatic carbocycles. The van der Waals surface area contributed by atoms with Crippen molar-refractivity contribution in [2.24, 2.45) is 0 Å². The largest absolute Gasteiger partial charge is 0.398 e. The van der Waals surface area contributed by atoms with Crippen molar-refractivity contribution in [3.63, 3.8) is 0 Å². The second-order valence-electron chi connectivity index (χ2n) is 4.56. The number of hydrogen-bond donors (Lipinski definition) is 1. The van der Waals surface area contributed by atoms with Crippen LogP contribution in [0.15, 0.2) is 60.9 Å². The molecule has 0 spiro atoms. The lowest BCUT2D eigenvalue weighted by Crippen LogP contribution is -2.04. The van der Waals surface area contributed by atoms with Gasteiger partial charge >= 0.3 is 0 Å². The smallest absolute Gasteiger partial charge is 0.141 e. The van der Waals surface area contributed by atoms with E-state index in [9.17, 15) is 0 Å². The van der Waals surface area contributed by atoms with E-state index >= 15 is 0 Å². The van der Waals surface area contributed by atoms with Gasteiger partial charge in [0.1, 0.15) is 5.82 Å². The minimum atomic E-state index is 0.729. The maximum atomic E-state index is 6.02.